The van der Waals surface area contributed by atoms with Gasteiger partial charge in [-0.2, -0.15) is 0 Å². The number of nitrogens with zero attached hydrogens (tertiary/aromatic N) is 2. The van der Waals surface area contributed by atoms with Gasteiger partial charge in [0.25, 0.3) is 0 Å². The van der Waals surface area contributed by atoms with Crippen LogP contribution in [0.25, 0.3) is 10.9 Å². The van der Waals surface area contributed by atoms with Crippen LogP contribution in [-0.2, 0) is 0 Å². The van der Waals surface area contributed by atoms with Crippen LogP contribution in [0.4, 0.5) is 5.69 Å². The number of ether oxygens (including phenoxy) is 1. The molecule has 0 aliphatic heterocycles. The Labute approximate surface area is 127 Å². The summed E-state index contributed by atoms with van der Waals surface area (Å²) in [4.78, 5) is 6.83. The number of benzene rings is 1. The molecule has 0 atom stereocenters. The average molecular weight is 287 g/mol. The summed E-state index contributed by atoms with van der Waals surface area (Å²) in [6, 6.07) is 8.04. The lowest BCUT2D eigenvalue weighted by Gasteiger charge is -2.17. The molecule has 114 valence electrons. The van der Waals surface area contributed by atoms with Gasteiger partial charge >= 0.3 is 0 Å². The summed E-state index contributed by atoms with van der Waals surface area (Å²) in [6.07, 6.45) is 4.32. The fourth-order valence-electron chi connectivity index (χ4n) is 2.34. The molecule has 1 N–H and O–H groups in total. The summed E-state index contributed by atoms with van der Waals surface area (Å²) in [5.74, 6) is 0.859. The van der Waals surface area contributed by atoms with Gasteiger partial charge in [-0.25, -0.2) is 0 Å². The summed E-state index contributed by atoms with van der Waals surface area (Å²) < 4.78 is 5.37. The highest BCUT2D eigenvalue weighted by Gasteiger charge is 2.05. The smallest absolute Gasteiger partial charge is 0.121 e. The summed E-state index contributed by atoms with van der Waals surface area (Å²) in [5, 5.41) is 4.58. The second-order valence-electron chi connectivity index (χ2n) is 5.33. The number of hydrogen-bond donors (Lipinski definition) is 1. The highest BCUT2D eigenvalue weighted by molar-refractivity contribution is 5.91. The molecule has 21 heavy (non-hydrogen) atoms. The molecule has 0 saturated heterocycles. The minimum atomic E-state index is 0.859. The number of likely N-dealkylation sites (N-methyl/N-ethyl adjacent to an activating group) is 1. The van der Waals surface area contributed by atoms with Crippen LogP contribution in [-0.4, -0.2) is 43.7 Å². The number of aromatic nitrogens is 1. The third-order valence-corrected chi connectivity index (χ3v) is 3.62. The van der Waals surface area contributed by atoms with Gasteiger partial charge in [-0.1, -0.05) is 19.4 Å². The highest BCUT2D eigenvalue weighted by atomic mass is 16.5. The van der Waals surface area contributed by atoms with Crippen LogP contribution in [0, 0.1) is 0 Å². The van der Waals surface area contributed by atoms with Crippen molar-refractivity contribution in [1.29, 1.82) is 0 Å². The fourth-order valence-corrected chi connectivity index (χ4v) is 2.34. The van der Waals surface area contributed by atoms with Gasteiger partial charge in [0.05, 0.1) is 18.3 Å². The van der Waals surface area contributed by atoms with E-state index in [4.69, 9.17) is 4.74 Å². The number of anilines is 1. The first-order chi connectivity index (χ1) is 10.2. The molecule has 1 aromatic carbocycles. The third kappa shape index (κ3) is 4.33. The number of pyridine rings is 1. The molecular weight excluding hydrogens is 262 g/mol. The van der Waals surface area contributed by atoms with Crippen molar-refractivity contribution in [1.82, 2.24) is 9.88 Å². The zero-order valence-corrected chi connectivity index (χ0v) is 13.2. The van der Waals surface area contributed by atoms with E-state index in [1.165, 1.54) is 12.8 Å². The Morgan fingerprint density at radius 3 is 2.90 bits per heavy atom. The van der Waals surface area contributed by atoms with Crippen molar-refractivity contribution >= 4 is 16.6 Å². The Morgan fingerprint density at radius 2 is 2.14 bits per heavy atom. The number of hydrogen-bond acceptors (Lipinski definition) is 4. The molecule has 0 bridgehead atoms. The molecule has 2 rings (SSSR count). The quantitative estimate of drug-likeness (QED) is 0.807. The second-order valence-corrected chi connectivity index (χ2v) is 5.33. The predicted octanol–water partition coefficient (Wildman–Crippen LogP) is 3.39. The van der Waals surface area contributed by atoms with Gasteiger partial charge in [0, 0.05) is 30.7 Å². The number of unbranched alkanes of at least 4 members (excludes halogenated alkanes) is 1. The molecule has 4 nitrogen and oxygen atoms in total. The first kappa shape index (κ1) is 15.6. The van der Waals surface area contributed by atoms with Crippen LogP contribution in [0.1, 0.15) is 19.8 Å². The summed E-state index contributed by atoms with van der Waals surface area (Å²) >= 11 is 0. The lowest BCUT2D eigenvalue weighted by atomic mass is 10.1. The van der Waals surface area contributed by atoms with Gasteiger partial charge in [0.15, 0.2) is 0 Å². The van der Waals surface area contributed by atoms with Gasteiger partial charge in [0.1, 0.15) is 5.75 Å². The summed E-state index contributed by atoms with van der Waals surface area (Å²) in [5.41, 5.74) is 2.03. The molecule has 0 amide bonds. The molecule has 0 aliphatic rings. The van der Waals surface area contributed by atoms with Crippen LogP contribution in [0.2, 0.25) is 0 Å². The van der Waals surface area contributed by atoms with Crippen LogP contribution in [0.15, 0.2) is 30.5 Å². The lowest BCUT2D eigenvalue weighted by Crippen LogP contribution is -2.26. The first-order valence-electron chi connectivity index (χ1n) is 7.59. The number of nitrogens with one attached hydrogen (secondary N) is 1. The zero-order valence-electron chi connectivity index (χ0n) is 13.2. The predicted molar refractivity (Wildman–Crippen MR) is 89.2 cm³/mol. The van der Waals surface area contributed by atoms with E-state index in [1.807, 2.05) is 24.4 Å². The Hall–Kier alpha value is -1.81. The van der Waals surface area contributed by atoms with Gasteiger partial charge < -0.3 is 15.0 Å². The maximum Gasteiger partial charge on any atom is 0.121 e. The normalized spacial score (nSPS) is 11.0. The Balaban J connectivity index is 2.03. The maximum absolute atomic E-state index is 5.37. The molecular formula is C17H25N3O. The summed E-state index contributed by atoms with van der Waals surface area (Å²) in [7, 11) is 3.86. The Kier molecular flexibility index (Phi) is 5.81. The van der Waals surface area contributed by atoms with Gasteiger partial charge in [-0.15, -0.1) is 0 Å². The van der Waals surface area contributed by atoms with Crippen LogP contribution >= 0.6 is 0 Å². The Bertz CT molecular complexity index is 571. The second kappa shape index (κ2) is 7.84. The van der Waals surface area contributed by atoms with E-state index in [2.05, 4.69) is 35.2 Å². The van der Waals surface area contributed by atoms with Crippen LogP contribution in [0.3, 0.4) is 0 Å². The molecule has 0 spiro atoms. The number of methoxy groups -OCH3 is 1. The minimum absolute atomic E-state index is 0.859. The van der Waals surface area contributed by atoms with Crippen LogP contribution in [0.5, 0.6) is 5.75 Å². The largest absolute Gasteiger partial charge is 0.497 e. The van der Waals surface area contributed by atoms with Crippen molar-refractivity contribution in [2.45, 2.75) is 19.8 Å². The molecule has 0 saturated carbocycles. The minimum Gasteiger partial charge on any atom is -0.497 e. The van der Waals surface area contributed by atoms with Crippen molar-refractivity contribution in [2.24, 2.45) is 0 Å². The molecule has 1 heterocycles. The summed E-state index contributed by atoms with van der Waals surface area (Å²) in [6.45, 7) is 5.29. The number of fused-ring (bicyclic) bond motifs is 1. The van der Waals surface area contributed by atoms with E-state index < -0.39 is 0 Å². The van der Waals surface area contributed by atoms with Crippen molar-refractivity contribution in [3.63, 3.8) is 0 Å². The van der Waals surface area contributed by atoms with Gasteiger partial charge in [0.2, 0.25) is 0 Å². The zero-order chi connectivity index (χ0) is 15.1. The van der Waals surface area contributed by atoms with Gasteiger partial charge in [-0.3, -0.25) is 4.98 Å². The van der Waals surface area contributed by atoms with E-state index in [-0.39, 0.29) is 0 Å². The molecule has 0 unspecified atom stereocenters. The number of rotatable bonds is 8. The van der Waals surface area contributed by atoms with E-state index >= 15 is 0 Å². The standard InChI is InChI=1S/C17H25N3O/c1-4-5-10-20(2)11-9-18-16-13-15(21-3)12-14-7-6-8-19-17(14)16/h6-8,12-13,18H,4-5,9-11H2,1-3H3. The topological polar surface area (TPSA) is 37.4 Å². The van der Waals surface area contributed by atoms with Crippen molar-refractivity contribution in [3.8, 4) is 5.75 Å². The average Bonchev–Trinajstić information content (AvgIpc) is 2.52. The van der Waals surface area contributed by atoms with Crippen LogP contribution < -0.4 is 10.1 Å². The third-order valence-electron chi connectivity index (χ3n) is 3.62. The monoisotopic (exact) mass is 287 g/mol. The SMILES string of the molecule is CCCCN(C)CCNc1cc(OC)cc2cccnc12. The van der Waals surface area contributed by atoms with Crippen molar-refractivity contribution < 1.29 is 4.74 Å². The molecule has 4 heteroatoms. The lowest BCUT2D eigenvalue weighted by molar-refractivity contribution is 0.340. The van der Waals surface area contributed by atoms with Crippen molar-refractivity contribution in [2.75, 3.05) is 39.1 Å². The Morgan fingerprint density at radius 1 is 1.29 bits per heavy atom. The van der Waals surface area contributed by atoms with E-state index in [0.29, 0.717) is 0 Å². The molecule has 0 radical (unpaired) electrons. The molecule has 0 fully saturated rings. The highest BCUT2D eigenvalue weighted by Crippen LogP contribution is 2.27. The van der Waals surface area contributed by atoms with Gasteiger partial charge in [-0.05, 0) is 32.1 Å². The van der Waals surface area contributed by atoms with E-state index in [1.54, 1.807) is 7.11 Å². The van der Waals surface area contributed by atoms with Crippen molar-refractivity contribution in [3.05, 3.63) is 30.5 Å². The van der Waals surface area contributed by atoms with E-state index in [0.717, 1.165) is 42.0 Å². The maximum atomic E-state index is 5.37. The fraction of sp³-hybridized carbons (Fsp3) is 0.471. The molecule has 1 aromatic heterocycles. The first-order valence-corrected chi connectivity index (χ1v) is 7.59. The molecule has 2 aromatic rings. The molecule has 0 aliphatic carbocycles. The van der Waals surface area contributed by atoms with E-state index in [9.17, 15) is 0 Å².